The number of allylic oxidation sites excluding steroid dienone is 2. The van der Waals surface area contributed by atoms with E-state index in [2.05, 4.69) is 29.6 Å². The summed E-state index contributed by atoms with van der Waals surface area (Å²) < 4.78 is 0. The summed E-state index contributed by atoms with van der Waals surface area (Å²) in [6, 6.07) is 9.87. The maximum atomic E-state index is 13.8. The number of hydrogen-bond acceptors (Lipinski definition) is 4. The van der Waals surface area contributed by atoms with E-state index in [1.807, 2.05) is 42.1 Å². The first kappa shape index (κ1) is 24.0. The van der Waals surface area contributed by atoms with Gasteiger partial charge in [-0.25, -0.2) is 4.79 Å². The molecule has 0 radical (unpaired) electrons. The lowest BCUT2D eigenvalue weighted by Crippen LogP contribution is -2.57. The predicted molar refractivity (Wildman–Crippen MR) is 134 cm³/mol. The lowest BCUT2D eigenvalue weighted by molar-refractivity contribution is -0.139. The van der Waals surface area contributed by atoms with Crippen molar-refractivity contribution in [2.24, 2.45) is 23.7 Å². The van der Waals surface area contributed by atoms with Gasteiger partial charge >= 0.3 is 6.03 Å². The Morgan fingerprint density at radius 3 is 2.46 bits per heavy atom. The number of likely N-dealkylation sites (N-methyl/N-ethyl adjacent to an activating group) is 1. The van der Waals surface area contributed by atoms with E-state index in [0.29, 0.717) is 44.4 Å². The lowest BCUT2D eigenvalue weighted by Gasteiger charge is -2.42. The first-order chi connectivity index (χ1) is 16.9. The van der Waals surface area contributed by atoms with Crippen molar-refractivity contribution in [3.63, 3.8) is 0 Å². The van der Waals surface area contributed by atoms with Crippen LogP contribution < -0.4 is 5.32 Å². The van der Waals surface area contributed by atoms with Crippen molar-refractivity contribution in [3.05, 3.63) is 48.0 Å². The first-order valence-electron chi connectivity index (χ1n) is 13.2. The standard InChI is InChI=1S/C28H38N4O3/c1-30(2)16-17-32-26(34)28(29-27(32)35,13-10-20-6-4-3-5-7-20)23-11-14-31(15-12-23)25(33)24-19-21-8-9-22(24)18-21/h3-9,21-24H,10-19H2,1-2H3,(H,29,35)/t21-,22+,24-,28-/m1/s1. The SMILES string of the molecule is CN(C)CCN1C(=O)N[C@](CCc2ccccc2)(C2CCN(C(=O)[C@@H]3C[C@@H]4C=C[C@H]3C4)CC2)C1=O. The summed E-state index contributed by atoms with van der Waals surface area (Å²) in [5.74, 6) is 1.32. The molecule has 0 spiro atoms. The fraction of sp³-hybridized carbons (Fsp3) is 0.607. The van der Waals surface area contributed by atoms with Crippen LogP contribution in [0.15, 0.2) is 42.5 Å². The number of amides is 4. The van der Waals surface area contributed by atoms with E-state index in [-0.39, 0.29) is 29.7 Å². The Balaban J connectivity index is 1.30. The summed E-state index contributed by atoms with van der Waals surface area (Å²) in [4.78, 5) is 45.5. The van der Waals surface area contributed by atoms with Crippen molar-refractivity contribution in [1.82, 2.24) is 20.0 Å². The Hall–Kier alpha value is -2.67. The van der Waals surface area contributed by atoms with Gasteiger partial charge in [-0.3, -0.25) is 14.5 Å². The van der Waals surface area contributed by atoms with E-state index in [1.165, 1.54) is 4.90 Å². The number of urea groups is 1. The minimum atomic E-state index is -0.899. The van der Waals surface area contributed by atoms with Gasteiger partial charge in [0.1, 0.15) is 5.54 Å². The van der Waals surface area contributed by atoms with Gasteiger partial charge in [0, 0.05) is 32.1 Å². The van der Waals surface area contributed by atoms with Crippen LogP contribution in [0.25, 0.3) is 0 Å². The number of carbonyl (C=O) groups excluding carboxylic acids is 3. The van der Waals surface area contributed by atoms with Gasteiger partial charge in [-0.1, -0.05) is 42.5 Å². The largest absolute Gasteiger partial charge is 0.342 e. The van der Waals surface area contributed by atoms with E-state index in [0.717, 1.165) is 37.7 Å². The fourth-order valence-corrected chi connectivity index (χ4v) is 6.68. The third-order valence-electron chi connectivity index (χ3n) is 8.72. The quantitative estimate of drug-likeness (QED) is 0.461. The molecule has 0 unspecified atom stereocenters. The van der Waals surface area contributed by atoms with Gasteiger partial charge < -0.3 is 15.1 Å². The summed E-state index contributed by atoms with van der Waals surface area (Å²) in [6.07, 6.45) is 9.40. The molecule has 4 amide bonds. The van der Waals surface area contributed by atoms with Crippen molar-refractivity contribution >= 4 is 17.8 Å². The molecule has 0 aromatic heterocycles. The van der Waals surface area contributed by atoms with E-state index in [4.69, 9.17) is 0 Å². The third-order valence-corrected chi connectivity index (χ3v) is 8.72. The van der Waals surface area contributed by atoms with Crippen LogP contribution in [-0.4, -0.2) is 78.4 Å². The number of nitrogens with zero attached hydrogens (tertiary/aromatic N) is 3. The maximum absolute atomic E-state index is 13.8. The zero-order chi connectivity index (χ0) is 24.6. The Bertz CT molecular complexity index is 985. The molecule has 1 aromatic carbocycles. The molecule has 2 saturated heterocycles. The summed E-state index contributed by atoms with van der Waals surface area (Å²) in [6.45, 7) is 2.35. The molecule has 4 aliphatic rings. The molecule has 2 aliphatic carbocycles. The molecule has 2 aliphatic heterocycles. The van der Waals surface area contributed by atoms with Crippen LogP contribution in [0.2, 0.25) is 0 Å². The Kier molecular flexibility index (Phi) is 6.71. The summed E-state index contributed by atoms with van der Waals surface area (Å²) in [5.41, 5.74) is 0.265. The summed E-state index contributed by atoms with van der Waals surface area (Å²) in [5, 5.41) is 3.16. The van der Waals surface area contributed by atoms with E-state index in [9.17, 15) is 14.4 Å². The molecule has 5 rings (SSSR count). The number of hydrogen-bond donors (Lipinski definition) is 1. The van der Waals surface area contributed by atoms with Crippen LogP contribution in [0.1, 0.15) is 37.7 Å². The molecule has 7 heteroatoms. The second kappa shape index (κ2) is 9.76. The number of rotatable bonds is 8. The monoisotopic (exact) mass is 478 g/mol. The van der Waals surface area contributed by atoms with Crippen LogP contribution in [0.5, 0.6) is 0 Å². The van der Waals surface area contributed by atoms with Gasteiger partial charge in [-0.2, -0.15) is 0 Å². The van der Waals surface area contributed by atoms with Gasteiger partial charge in [0.25, 0.3) is 5.91 Å². The topological polar surface area (TPSA) is 73.0 Å². The van der Waals surface area contributed by atoms with Gasteiger partial charge in [-0.05, 0) is 75.9 Å². The van der Waals surface area contributed by atoms with E-state index >= 15 is 0 Å². The number of imide groups is 1. The summed E-state index contributed by atoms with van der Waals surface area (Å²) in [7, 11) is 3.89. The van der Waals surface area contributed by atoms with Crippen molar-refractivity contribution in [2.45, 2.75) is 44.1 Å². The molecule has 3 fully saturated rings. The van der Waals surface area contributed by atoms with Crippen molar-refractivity contribution in [1.29, 1.82) is 0 Å². The highest BCUT2D eigenvalue weighted by Crippen LogP contribution is 2.45. The molecule has 1 N–H and O–H groups in total. The minimum Gasteiger partial charge on any atom is -0.342 e. The van der Waals surface area contributed by atoms with Gasteiger partial charge in [-0.15, -0.1) is 0 Å². The molecular weight excluding hydrogens is 440 g/mol. The number of fused-ring (bicyclic) bond motifs is 2. The second-order valence-electron chi connectivity index (χ2n) is 11.1. The highest BCUT2D eigenvalue weighted by molar-refractivity contribution is 6.07. The molecule has 2 heterocycles. The zero-order valence-electron chi connectivity index (χ0n) is 21.0. The number of likely N-dealkylation sites (tertiary alicyclic amines) is 1. The highest BCUT2D eigenvalue weighted by atomic mass is 16.2. The molecular formula is C28H38N4O3. The molecule has 1 saturated carbocycles. The molecule has 35 heavy (non-hydrogen) atoms. The number of nitrogens with one attached hydrogen (secondary N) is 1. The van der Waals surface area contributed by atoms with Crippen molar-refractivity contribution in [2.75, 3.05) is 40.3 Å². The number of piperidine rings is 1. The van der Waals surface area contributed by atoms with Crippen LogP contribution in [0.4, 0.5) is 4.79 Å². The fourth-order valence-electron chi connectivity index (χ4n) is 6.68. The maximum Gasteiger partial charge on any atom is 0.325 e. The van der Waals surface area contributed by atoms with Gasteiger partial charge in [0.15, 0.2) is 0 Å². The second-order valence-corrected chi connectivity index (χ2v) is 11.1. The Labute approximate surface area is 208 Å². The van der Waals surface area contributed by atoms with Crippen molar-refractivity contribution in [3.8, 4) is 0 Å². The van der Waals surface area contributed by atoms with Crippen LogP contribution in [0.3, 0.4) is 0 Å². The number of benzene rings is 1. The smallest absolute Gasteiger partial charge is 0.325 e. The lowest BCUT2D eigenvalue weighted by atomic mass is 9.74. The van der Waals surface area contributed by atoms with Crippen LogP contribution in [-0.2, 0) is 16.0 Å². The number of aryl methyl sites for hydroxylation is 1. The molecule has 1 aromatic rings. The third kappa shape index (κ3) is 4.63. The predicted octanol–water partition coefficient (Wildman–Crippen LogP) is 2.92. The molecule has 7 nitrogen and oxygen atoms in total. The van der Waals surface area contributed by atoms with Crippen molar-refractivity contribution < 1.29 is 14.4 Å². The molecule has 2 bridgehead atoms. The van der Waals surface area contributed by atoms with Gasteiger partial charge in [0.2, 0.25) is 5.91 Å². The zero-order valence-corrected chi connectivity index (χ0v) is 21.0. The van der Waals surface area contributed by atoms with E-state index in [1.54, 1.807) is 0 Å². The average Bonchev–Trinajstić information content (AvgIpc) is 3.56. The first-order valence-corrected chi connectivity index (χ1v) is 13.2. The average molecular weight is 479 g/mol. The van der Waals surface area contributed by atoms with Crippen LogP contribution in [0, 0.1) is 23.7 Å². The molecule has 4 atom stereocenters. The van der Waals surface area contributed by atoms with E-state index < -0.39 is 5.54 Å². The Morgan fingerprint density at radius 1 is 1.09 bits per heavy atom. The molecule has 188 valence electrons. The number of carbonyl (C=O) groups is 3. The highest BCUT2D eigenvalue weighted by Gasteiger charge is 2.55. The minimum absolute atomic E-state index is 0.0241. The summed E-state index contributed by atoms with van der Waals surface area (Å²) >= 11 is 0. The Morgan fingerprint density at radius 2 is 1.83 bits per heavy atom. The van der Waals surface area contributed by atoms with Gasteiger partial charge in [0.05, 0.1) is 0 Å². The normalized spacial score (nSPS) is 30.5. The van der Waals surface area contributed by atoms with Crippen LogP contribution >= 0.6 is 0 Å².